The van der Waals surface area contributed by atoms with Gasteiger partial charge in [-0.15, -0.1) is 11.8 Å². The van der Waals surface area contributed by atoms with Crippen LogP contribution in [0.3, 0.4) is 0 Å². The topological polar surface area (TPSA) is 43.1 Å². The van der Waals surface area contributed by atoms with Crippen molar-refractivity contribution >= 4 is 34.8 Å². The summed E-state index contributed by atoms with van der Waals surface area (Å²) in [6, 6.07) is 24.3. The first-order valence-corrected chi connectivity index (χ1v) is 9.09. The first-order chi connectivity index (χ1) is 12.0. The van der Waals surface area contributed by atoms with E-state index in [0.717, 1.165) is 10.5 Å². The Morgan fingerprint density at radius 2 is 1.52 bits per heavy atom. The highest BCUT2D eigenvalue weighted by molar-refractivity contribution is 8.01. The first-order valence-electron chi connectivity index (χ1n) is 7.90. The maximum atomic E-state index is 13.4. The number of para-hydroxylation sites is 1. The minimum Gasteiger partial charge on any atom is -0.398 e. The molecule has 3 rings (SSSR count). The molecular formula is C21H18ClNOS. The predicted octanol–water partition coefficient (Wildman–Crippen LogP) is 5.81. The van der Waals surface area contributed by atoms with Crippen LogP contribution in [0.1, 0.15) is 22.8 Å². The summed E-state index contributed by atoms with van der Waals surface area (Å²) < 4.78 is -0.818. The van der Waals surface area contributed by atoms with E-state index in [2.05, 4.69) is 0 Å². The zero-order valence-corrected chi connectivity index (χ0v) is 15.3. The highest BCUT2D eigenvalue weighted by atomic mass is 35.5. The molecule has 0 heterocycles. The molecule has 2 nitrogen and oxygen atoms in total. The van der Waals surface area contributed by atoms with Gasteiger partial charge in [-0.25, -0.2) is 0 Å². The average molecular weight is 368 g/mol. The number of hydrogen-bond donors (Lipinski definition) is 1. The third-order valence-corrected chi connectivity index (χ3v) is 5.77. The fourth-order valence-electron chi connectivity index (χ4n) is 2.66. The van der Waals surface area contributed by atoms with Crippen molar-refractivity contribution in [1.29, 1.82) is 0 Å². The number of carbonyl (C=O) groups excluding carboxylic acids is 1. The summed E-state index contributed by atoms with van der Waals surface area (Å²) in [5.74, 6) is 0.0312. The molecule has 0 aliphatic carbocycles. The van der Waals surface area contributed by atoms with Gasteiger partial charge >= 0.3 is 0 Å². The van der Waals surface area contributed by atoms with Crippen LogP contribution in [-0.2, 0) is 4.75 Å². The molecule has 0 saturated heterocycles. The molecule has 3 aromatic carbocycles. The fraction of sp³-hybridized carbons (Fsp3) is 0.0952. The van der Waals surface area contributed by atoms with Gasteiger partial charge < -0.3 is 5.73 Å². The number of thioether (sulfide) groups is 1. The number of carbonyl (C=O) groups is 1. The third-order valence-electron chi connectivity index (χ3n) is 4.10. The number of Topliss-reactive ketones (excluding diaryl/α,β-unsaturated/α-hetero) is 1. The van der Waals surface area contributed by atoms with Crippen LogP contribution in [0.25, 0.3) is 0 Å². The number of anilines is 1. The largest absolute Gasteiger partial charge is 0.398 e. The molecule has 0 fully saturated rings. The molecule has 126 valence electrons. The van der Waals surface area contributed by atoms with Crippen molar-refractivity contribution in [2.75, 3.05) is 5.73 Å². The maximum absolute atomic E-state index is 13.4. The second-order valence-corrected chi connectivity index (χ2v) is 7.77. The molecule has 0 spiro atoms. The lowest BCUT2D eigenvalue weighted by atomic mass is 9.91. The number of hydrogen-bond acceptors (Lipinski definition) is 3. The van der Waals surface area contributed by atoms with Crippen LogP contribution in [0.4, 0.5) is 5.69 Å². The van der Waals surface area contributed by atoms with Gasteiger partial charge in [-0.2, -0.15) is 0 Å². The Morgan fingerprint density at radius 1 is 0.920 bits per heavy atom. The van der Waals surface area contributed by atoms with Crippen molar-refractivity contribution in [2.24, 2.45) is 0 Å². The van der Waals surface area contributed by atoms with E-state index < -0.39 is 4.75 Å². The van der Waals surface area contributed by atoms with E-state index in [-0.39, 0.29) is 5.78 Å². The number of nitrogens with two attached hydrogens (primary N) is 1. The molecule has 0 saturated carbocycles. The van der Waals surface area contributed by atoms with Gasteiger partial charge in [0.2, 0.25) is 0 Å². The molecule has 0 amide bonds. The Bertz CT molecular complexity index is 880. The number of rotatable bonds is 5. The highest BCUT2D eigenvalue weighted by Crippen LogP contribution is 2.45. The van der Waals surface area contributed by atoms with Gasteiger partial charge in [0.15, 0.2) is 5.78 Å². The molecule has 0 aromatic heterocycles. The van der Waals surface area contributed by atoms with E-state index in [0.29, 0.717) is 16.3 Å². The summed E-state index contributed by atoms with van der Waals surface area (Å²) in [5, 5.41) is 0.641. The molecule has 25 heavy (non-hydrogen) atoms. The third kappa shape index (κ3) is 3.73. The van der Waals surface area contributed by atoms with Crippen LogP contribution in [0.5, 0.6) is 0 Å². The van der Waals surface area contributed by atoms with E-state index in [1.165, 1.54) is 11.8 Å². The standard InChI is InChI=1S/C21H18ClNOS/c1-21(16-11-13-17(22)14-12-16,20(24)15-7-3-2-4-8-15)25-19-10-6-5-9-18(19)23/h2-14H,23H2,1H3. The Morgan fingerprint density at radius 3 is 2.16 bits per heavy atom. The van der Waals surface area contributed by atoms with E-state index in [4.69, 9.17) is 17.3 Å². The lowest BCUT2D eigenvalue weighted by Crippen LogP contribution is -2.29. The maximum Gasteiger partial charge on any atom is 0.183 e. The van der Waals surface area contributed by atoms with Crippen molar-refractivity contribution < 1.29 is 4.79 Å². The molecule has 3 aromatic rings. The van der Waals surface area contributed by atoms with Gasteiger partial charge in [0, 0.05) is 21.2 Å². The summed E-state index contributed by atoms with van der Waals surface area (Å²) in [4.78, 5) is 14.3. The number of ketones is 1. The van der Waals surface area contributed by atoms with Crippen LogP contribution in [0, 0.1) is 0 Å². The van der Waals surface area contributed by atoms with Crippen LogP contribution in [0.2, 0.25) is 5.02 Å². The molecule has 2 N–H and O–H groups in total. The lowest BCUT2D eigenvalue weighted by molar-refractivity contribution is 0.0950. The molecule has 0 radical (unpaired) electrons. The van der Waals surface area contributed by atoms with Crippen molar-refractivity contribution in [1.82, 2.24) is 0 Å². The van der Waals surface area contributed by atoms with Crippen molar-refractivity contribution in [2.45, 2.75) is 16.6 Å². The van der Waals surface area contributed by atoms with Gasteiger partial charge in [-0.1, -0.05) is 66.2 Å². The molecule has 0 aliphatic rings. The number of halogens is 1. The molecule has 1 unspecified atom stereocenters. The smallest absolute Gasteiger partial charge is 0.183 e. The number of nitrogen functional groups attached to an aromatic ring is 1. The highest BCUT2D eigenvalue weighted by Gasteiger charge is 2.37. The fourth-order valence-corrected chi connectivity index (χ4v) is 4.03. The van der Waals surface area contributed by atoms with Crippen molar-refractivity contribution in [3.8, 4) is 0 Å². The van der Waals surface area contributed by atoms with Crippen LogP contribution < -0.4 is 5.73 Å². The first kappa shape index (κ1) is 17.6. The summed E-state index contributed by atoms with van der Waals surface area (Å²) >= 11 is 7.49. The van der Waals surface area contributed by atoms with Crippen LogP contribution >= 0.6 is 23.4 Å². The summed E-state index contributed by atoms with van der Waals surface area (Å²) in [6.07, 6.45) is 0. The minimum absolute atomic E-state index is 0.0312. The quantitative estimate of drug-likeness (QED) is 0.351. The zero-order chi connectivity index (χ0) is 17.9. The Balaban J connectivity index is 2.09. The molecule has 1 atom stereocenters. The Hall–Kier alpha value is -2.23. The van der Waals surface area contributed by atoms with Crippen molar-refractivity contribution in [3.05, 3.63) is 95.0 Å². The predicted molar refractivity (Wildman–Crippen MR) is 106 cm³/mol. The normalized spacial score (nSPS) is 13.2. The van der Waals surface area contributed by atoms with Crippen LogP contribution in [-0.4, -0.2) is 5.78 Å². The average Bonchev–Trinajstić information content (AvgIpc) is 2.64. The summed E-state index contributed by atoms with van der Waals surface area (Å²) in [6.45, 7) is 1.93. The Kier molecular flexibility index (Phi) is 5.16. The molecule has 0 bridgehead atoms. The van der Waals surface area contributed by atoms with Crippen LogP contribution in [0.15, 0.2) is 83.8 Å². The van der Waals surface area contributed by atoms with E-state index in [9.17, 15) is 4.79 Å². The van der Waals surface area contributed by atoms with Gasteiger partial charge in [0.05, 0.1) is 0 Å². The summed E-state index contributed by atoms with van der Waals surface area (Å²) in [5.41, 5.74) is 8.33. The zero-order valence-electron chi connectivity index (χ0n) is 13.8. The van der Waals surface area contributed by atoms with E-state index in [1.54, 1.807) is 0 Å². The second kappa shape index (κ2) is 7.34. The number of benzene rings is 3. The second-order valence-electron chi connectivity index (χ2n) is 5.88. The van der Waals surface area contributed by atoms with E-state index >= 15 is 0 Å². The molecule has 0 aliphatic heterocycles. The minimum atomic E-state index is -0.818. The monoisotopic (exact) mass is 367 g/mol. The van der Waals surface area contributed by atoms with Gasteiger partial charge in [0.25, 0.3) is 0 Å². The van der Waals surface area contributed by atoms with Gasteiger partial charge in [-0.05, 0) is 36.8 Å². The molecular weight excluding hydrogens is 350 g/mol. The molecule has 4 heteroatoms. The Labute approximate surface area is 157 Å². The SMILES string of the molecule is CC(Sc1ccccc1N)(C(=O)c1ccccc1)c1ccc(Cl)cc1. The van der Waals surface area contributed by atoms with E-state index in [1.807, 2.05) is 85.8 Å². The summed E-state index contributed by atoms with van der Waals surface area (Å²) in [7, 11) is 0. The van der Waals surface area contributed by atoms with Gasteiger partial charge in [-0.3, -0.25) is 4.79 Å². The van der Waals surface area contributed by atoms with Gasteiger partial charge in [0.1, 0.15) is 4.75 Å². The van der Waals surface area contributed by atoms with Crippen molar-refractivity contribution in [3.63, 3.8) is 0 Å². The lowest BCUT2D eigenvalue weighted by Gasteiger charge is -2.29.